The van der Waals surface area contributed by atoms with Crippen molar-refractivity contribution in [3.63, 3.8) is 0 Å². The topological polar surface area (TPSA) is 49.8 Å². The summed E-state index contributed by atoms with van der Waals surface area (Å²) in [7, 11) is 1.95. The number of carbonyl (C=O) groups is 1. The third-order valence-corrected chi connectivity index (χ3v) is 4.00. The van der Waals surface area contributed by atoms with Gasteiger partial charge >= 0.3 is 5.97 Å². The van der Waals surface area contributed by atoms with Gasteiger partial charge in [-0.05, 0) is 47.3 Å². The van der Waals surface area contributed by atoms with Gasteiger partial charge in [0.05, 0.1) is 19.1 Å². The van der Waals surface area contributed by atoms with Crippen molar-refractivity contribution < 1.29 is 14.6 Å². The van der Waals surface area contributed by atoms with E-state index in [2.05, 4.69) is 51.8 Å². The van der Waals surface area contributed by atoms with Gasteiger partial charge in [0.15, 0.2) is 0 Å². The maximum Gasteiger partial charge on any atom is 0.310 e. The van der Waals surface area contributed by atoms with Crippen molar-refractivity contribution in [1.29, 1.82) is 0 Å². The lowest BCUT2D eigenvalue weighted by molar-refractivity contribution is -0.143. The Morgan fingerprint density at radius 3 is 2.72 bits per heavy atom. The minimum atomic E-state index is -0.771. The van der Waals surface area contributed by atoms with Gasteiger partial charge in [-0.2, -0.15) is 0 Å². The number of aliphatic carboxylic acids is 1. The molecular weight excluding hydrogens is 345 g/mol. The standard InChI is InChI=1S/C13H16INO3/c1-15(6-9-2-4-10(14)5-3-9)12-8-18-7-11(12)13(16)17/h2-5,11-12H,6-8H2,1H3,(H,16,17). The lowest BCUT2D eigenvalue weighted by Gasteiger charge is -2.26. The van der Waals surface area contributed by atoms with Crippen LogP contribution < -0.4 is 0 Å². The molecule has 2 unspecified atom stereocenters. The van der Waals surface area contributed by atoms with Gasteiger partial charge in [-0.15, -0.1) is 0 Å². The summed E-state index contributed by atoms with van der Waals surface area (Å²) in [4.78, 5) is 13.2. The van der Waals surface area contributed by atoms with Gasteiger partial charge in [0.25, 0.3) is 0 Å². The molecule has 1 aromatic rings. The first-order valence-corrected chi connectivity index (χ1v) is 6.91. The Kier molecular flexibility index (Phi) is 4.58. The zero-order valence-corrected chi connectivity index (χ0v) is 12.3. The van der Waals surface area contributed by atoms with Gasteiger partial charge in [0.1, 0.15) is 0 Å². The lowest BCUT2D eigenvalue weighted by atomic mass is 10.0. The number of hydrogen-bond acceptors (Lipinski definition) is 3. The highest BCUT2D eigenvalue weighted by molar-refractivity contribution is 14.1. The van der Waals surface area contributed by atoms with Crippen LogP contribution in [0.2, 0.25) is 0 Å². The van der Waals surface area contributed by atoms with E-state index in [1.165, 1.54) is 9.13 Å². The molecule has 2 atom stereocenters. The van der Waals surface area contributed by atoms with Crippen LogP contribution in [0.5, 0.6) is 0 Å². The number of hydrogen-bond donors (Lipinski definition) is 1. The molecule has 0 aliphatic carbocycles. The third kappa shape index (κ3) is 3.21. The summed E-state index contributed by atoms with van der Waals surface area (Å²) < 4.78 is 6.49. The number of nitrogens with zero attached hydrogens (tertiary/aromatic N) is 1. The van der Waals surface area contributed by atoms with Crippen LogP contribution in [0.25, 0.3) is 0 Å². The van der Waals surface area contributed by atoms with E-state index >= 15 is 0 Å². The number of benzene rings is 1. The van der Waals surface area contributed by atoms with Crippen molar-refractivity contribution in [2.24, 2.45) is 5.92 Å². The van der Waals surface area contributed by atoms with Crippen LogP contribution in [0.3, 0.4) is 0 Å². The van der Waals surface area contributed by atoms with Crippen molar-refractivity contribution in [2.45, 2.75) is 12.6 Å². The zero-order valence-electron chi connectivity index (χ0n) is 10.2. The van der Waals surface area contributed by atoms with Crippen LogP contribution in [0.4, 0.5) is 0 Å². The van der Waals surface area contributed by atoms with Crippen molar-refractivity contribution in [3.05, 3.63) is 33.4 Å². The summed E-state index contributed by atoms with van der Waals surface area (Å²) in [6.07, 6.45) is 0. The van der Waals surface area contributed by atoms with E-state index in [0.29, 0.717) is 13.2 Å². The molecule has 1 aliphatic rings. The average molecular weight is 361 g/mol. The number of carboxylic acids is 1. The first kappa shape index (κ1) is 13.8. The molecule has 4 nitrogen and oxygen atoms in total. The average Bonchev–Trinajstić information content (AvgIpc) is 2.81. The van der Waals surface area contributed by atoms with E-state index in [4.69, 9.17) is 9.84 Å². The van der Waals surface area contributed by atoms with Gasteiger partial charge in [0, 0.05) is 16.2 Å². The van der Waals surface area contributed by atoms with Crippen LogP contribution in [0.15, 0.2) is 24.3 Å². The van der Waals surface area contributed by atoms with E-state index in [1.54, 1.807) is 0 Å². The number of carboxylic acid groups (broad SMARTS) is 1. The molecule has 2 rings (SSSR count). The summed E-state index contributed by atoms with van der Waals surface area (Å²) in [5.41, 5.74) is 1.19. The largest absolute Gasteiger partial charge is 0.481 e. The predicted molar refractivity (Wildman–Crippen MR) is 76.4 cm³/mol. The van der Waals surface area contributed by atoms with E-state index in [9.17, 15) is 4.79 Å². The molecule has 1 fully saturated rings. The Bertz CT molecular complexity index is 421. The number of rotatable bonds is 4. The molecule has 1 aromatic carbocycles. The summed E-state index contributed by atoms with van der Waals surface area (Å²) in [6.45, 7) is 1.56. The Labute approximate surface area is 120 Å². The molecule has 18 heavy (non-hydrogen) atoms. The van der Waals surface area contributed by atoms with Crippen LogP contribution in [0.1, 0.15) is 5.56 Å². The smallest absolute Gasteiger partial charge is 0.310 e. The highest BCUT2D eigenvalue weighted by Crippen LogP contribution is 2.20. The SMILES string of the molecule is CN(Cc1ccc(I)cc1)C1COCC1C(=O)O. The fourth-order valence-electron chi connectivity index (χ4n) is 2.21. The first-order chi connectivity index (χ1) is 8.58. The zero-order chi connectivity index (χ0) is 13.1. The van der Waals surface area contributed by atoms with Gasteiger partial charge < -0.3 is 9.84 Å². The molecule has 0 amide bonds. The second kappa shape index (κ2) is 5.99. The molecule has 5 heteroatoms. The quantitative estimate of drug-likeness (QED) is 0.832. The van der Waals surface area contributed by atoms with Gasteiger partial charge in [-0.25, -0.2) is 0 Å². The molecule has 1 N–H and O–H groups in total. The summed E-state index contributed by atoms with van der Waals surface area (Å²) in [5.74, 6) is -1.19. The fourth-order valence-corrected chi connectivity index (χ4v) is 2.57. The molecular formula is C13H16INO3. The summed E-state index contributed by atoms with van der Waals surface area (Å²) in [5, 5.41) is 9.13. The number of ether oxygens (including phenoxy) is 1. The highest BCUT2D eigenvalue weighted by Gasteiger charge is 2.36. The molecule has 0 bridgehead atoms. The molecule has 1 saturated heterocycles. The van der Waals surface area contributed by atoms with Crippen molar-refractivity contribution in [1.82, 2.24) is 4.90 Å². The maximum atomic E-state index is 11.1. The Hall–Kier alpha value is -0.660. The van der Waals surface area contributed by atoms with Crippen LogP contribution >= 0.6 is 22.6 Å². The highest BCUT2D eigenvalue weighted by atomic mass is 127. The minimum absolute atomic E-state index is 0.0400. The Balaban J connectivity index is 2.01. The van der Waals surface area contributed by atoms with Crippen molar-refractivity contribution in [3.8, 4) is 0 Å². The Morgan fingerprint density at radius 2 is 2.11 bits per heavy atom. The predicted octanol–water partition coefficient (Wildman–Crippen LogP) is 1.82. The van der Waals surface area contributed by atoms with Gasteiger partial charge in [-0.1, -0.05) is 12.1 Å². The van der Waals surface area contributed by atoms with E-state index in [1.807, 2.05) is 7.05 Å². The van der Waals surface area contributed by atoms with Crippen LogP contribution in [0, 0.1) is 9.49 Å². The van der Waals surface area contributed by atoms with Crippen LogP contribution in [-0.2, 0) is 16.1 Å². The molecule has 0 radical (unpaired) electrons. The monoisotopic (exact) mass is 361 g/mol. The van der Waals surface area contributed by atoms with Gasteiger partial charge in [0.2, 0.25) is 0 Å². The van der Waals surface area contributed by atoms with Gasteiger partial charge in [-0.3, -0.25) is 9.69 Å². The first-order valence-electron chi connectivity index (χ1n) is 5.83. The third-order valence-electron chi connectivity index (χ3n) is 3.28. The number of halogens is 1. The second-order valence-corrected chi connectivity index (χ2v) is 5.84. The molecule has 1 heterocycles. The van der Waals surface area contributed by atoms with Crippen molar-refractivity contribution >= 4 is 28.6 Å². The molecule has 0 aromatic heterocycles. The second-order valence-electron chi connectivity index (χ2n) is 4.59. The van der Waals surface area contributed by atoms with Crippen molar-refractivity contribution in [2.75, 3.05) is 20.3 Å². The molecule has 1 aliphatic heterocycles. The van der Waals surface area contributed by atoms with Crippen LogP contribution in [-0.4, -0.2) is 42.3 Å². The number of likely N-dealkylation sites (N-methyl/N-ethyl adjacent to an activating group) is 1. The molecule has 98 valence electrons. The minimum Gasteiger partial charge on any atom is -0.481 e. The fraction of sp³-hybridized carbons (Fsp3) is 0.462. The summed E-state index contributed by atoms with van der Waals surface area (Å²) >= 11 is 2.27. The Morgan fingerprint density at radius 1 is 1.44 bits per heavy atom. The maximum absolute atomic E-state index is 11.1. The normalized spacial score (nSPS) is 23.5. The van der Waals surface area contributed by atoms with E-state index in [-0.39, 0.29) is 6.04 Å². The van der Waals surface area contributed by atoms with E-state index in [0.717, 1.165) is 6.54 Å². The van der Waals surface area contributed by atoms with E-state index < -0.39 is 11.9 Å². The summed E-state index contributed by atoms with van der Waals surface area (Å²) in [6, 6.07) is 8.22. The lowest BCUT2D eigenvalue weighted by Crippen LogP contribution is -2.40. The molecule has 0 spiro atoms. The molecule has 0 saturated carbocycles.